The molecule has 0 bridgehead atoms. The standard InChI is InChI=1S/C24H26N8O/c1-15-11-25-24(28-21-8-9-26-30(21)4)29-22(15)18-10-20-23(33)32(17(3)12-31(20)13-18)14-19-7-5-6-16(2)27-19/h5-11,13,17H,12,14H2,1-4H3,(H,25,28,29)/t17-/m0/s1. The molecule has 1 amide bonds. The van der Waals surface area contributed by atoms with Gasteiger partial charge in [-0.1, -0.05) is 6.07 Å². The summed E-state index contributed by atoms with van der Waals surface area (Å²) in [7, 11) is 1.85. The first-order chi connectivity index (χ1) is 15.9. The van der Waals surface area contributed by atoms with Crippen molar-refractivity contribution >= 4 is 17.7 Å². The topological polar surface area (TPSA) is 93.8 Å². The molecule has 0 saturated carbocycles. The van der Waals surface area contributed by atoms with Crippen LogP contribution in [0.3, 0.4) is 0 Å². The predicted molar refractivity (Wildman–Crippen MR) is 125 cm³/mol. The quantitative estimate of drug-likeness (QED) is 0.509. The maximum absolute atomic E-state index is 13.4. The number of carbonyl (C=O) groups is 1. The van der Waals surface area contributed by atoms with E-state index in [9.17, 15) is 4.79 Å². The van der Waals surface area contributed by atoms with Crippen molar-refractivity contribution in [3.05, 3.63) is 71.6 Å². The minimum atomic E-state index is 0.00301. The third-order valence-electron chi connectivity index (χ3n) is 5.95. The Hall–Kier alpha value is -4.01. The van der Waals surface area contributed by atoms with Crippen LogP contribution in [0, 0.1) is 13.8 Å². The smallest absolute Gasteiger partial charge is 0.271 e. The van der Waals surface area contributed by atoms with Gasteiger partial charge in [-0.05, 0) is 44.5 Å². The largest absolute Gasteiger partial charge is 0.341 e. The number of aromatic nitrogens is 6. The Morgan fingerprint density at radius 1 is 1.18 bits per heavy atom. The Labute approximate surface area is 192 Å². The number of fused-ring (bicyclic) bond motifs is 1. The third kappa shape index (κ3) is 3.97. The molecule has 1 aliphatic rings. The van der Waals surface area contributed by atoms with Crippen molar-refractivity contribution in [1.29, 1.82) is 0 Å². The molecule has 0 aliphatic carbocycles. The van der Waals surface area contributed by atoms with E-state index in [1.54, 1.807) is 17.1 Å². The van der Waals surface area contributed by atoms with Gasteiger partial charge >= 0.3 is 0 Å². The third-order valence-corrected chi connectivity index (χ3v) is 5.95. The SMILES string of the molecule is Cc1cccc(CN2C(=O)c3cc(-c4nc(Nc5ccnn5C)ncc4C)cn3C[C@@H]2C)n1. The lowest BCUT2D eigenvalue weighted by Gasteiger charge is -2.34. The Kier molecular flexibility index (Phi) is 5.16. The minimum absolute atomic E-state index is 0.00301. The average Bonchev–Trinajstić information content (AvgIpc) is 3.39. The summed E-state index contributed by atoms with van der Waals surface area (Å²) in [4.78, 5) is 29.0. The van der Waals surface area contributed by atoms with Crippen LogP contribution in [0.4, 0.5) is 11.8 Å². The zero-order valence-corrected chi connectivity index (χ0v) is 19.1. The number of nitrogens with one attached hydrogen (secondary N) is 1. The summed E-state index contributed by atoms with van der Waals surface area (Å²) in [6, 6.07) is 9.75. The van der Waals surface area contributed by atoms with Gasteiger partial charge in [-0.2, -0.15) is 5.10 Å². The number of pyridine rings is 1. The van der Waals surface area contributed by atoms with Gasteiger partial charge in [0.15, 0.2) is 0 Å². The number of aryl methyl sites for hydroxylation is 3. The van der Waals surface area contributed by atoms with Crippen molar-refractivity contribution in [3.8, 4) is 11.3 Å². The van der Waals surface area contributed by atoms with E-state index in [1.165, 1.54) is 0 Å². The van der Waals surface area contributed by atoms with Crippen molar-refractivity contribution in [3.63, 3.8) is 0 Å². The van der Waals surface area contributed by atoms with Crippen molar-refractivity contribution in [2.75, 3.05) is 5.32 Å². The highest BCUT2D eigenvalue weighted by atomic mass is 16.2. The lowest BCUT2D eigenvalue weighted by molar-refractivity contribution is 0.0592. The van der Waals surface area contributed by atoms with Crippen LogP contribution in [-0.2, 0) is 20.1 Å². The average molecular weight is 443 g/mol. The summed E-state index contributed by atoms with van der Waals surface area (Å²) >= 11 is 0. The second-order valence-electron chi connectivity index (χ2n) is 8.51. The molecule has 4 aromatic rings. The van der Waals surface area contributed by atoms with Crippen LogP contribution >= 0.6 is 0 Å². The number of carbonyl (C=O) groups excluding carboxylic acids is 1. The van der Waals surface area contributed by atoms with Gasteiger partial charge in [0.2, 0.25) is 5.95 Å². The number of anilines is 2. The van der Waals surface area contributed by atoms with Gasteiger partial charge in [0, 0.05) is 49.4 Å². The highest BCUT2D eigenvalue weighted by molar-refractivity contribution is 5.95. The molecule has 1 aliphatic heterocycles. The van der Waals surface area contributed by atoms with Crippen LogP contribution in [0.15, 0.2) is 48.9 Å². The number of hydrogen-bond acceptors (Lipinski definition) is 6. The van der Waals surface area contributed by atoms with Crippen LogP contribution in [0.1, 0.15) is 34.4 Å². The summed E-state index contributed by atoms with van der Waals surface area (Å²) in [5, 5.41) is 7.36. The number of nitrogens with zero attached hydrogens (tertiary/aromatic N) is 7. The number of amides is 1. The second kappa shape index (κ2) is 8.16. The fraction of sp³-hybridized carbons (Fsp3) is 0.292. The Morgan fingerprint density at radius 2 is 2.03 bits per heavy atom. The lowest BCUT2D eigenvalue weighted by atomic mass is 10.1. The summed E-state index contributed by atoms with van der Waals surface area (Å²) in [5.41, 5.74) is 5.14. The van der Waals surface area contributed by atoms with Gasteiger partial charge < -0.3 is 14.8 Å². The molecule has 0 spiro atoms. The molecular weight excluding hydrogens is 416 g/mol. The van der Waals surface area contributed by atoms with Gasteiger partial charge in [0.05, 0.1) is 24.1 Å². The minimum Gasteiger partial charge on any atom is -0.341 e. The van der Waals surface area contributed by atoms with Crippen LogP contribution in [0.5, 0.6) is 0 Å². The van der Waals surface area contributed by atoms with Crippen molar-refractivity contribution in [2.24, 2.45) is 7.05 Å². The van der Waals surface area contributed by atoms with Crippen LogP contribution in [-0.4, -0.2) is 46.1 Å². The molecular formula is C24H26N8O. The van der Waals surface area contributed by atoms with E-state index < -0.39 is 0 Å². The normalized spacial score (nSPS) is 15.6. The lowest BCUT2D eigenvalue weighted by Crippen LogP contribution is -2.45. The van der Waals surface area contributed by atoms with Crippen LogP contribution < -0.4 is 5.32 Å². The van der Waals surface area contributed by atoms with E-state index in [0.717, 1.165) is 40.6 Å². The van der Waals surface area contributed by atoms with Gasteiger partial charge in [-0.3, -0.25) is 14.5 Å². The molecule has 0 saturated heterocycles. The highest BCUT2D eigenvalue weighted by Gasteiger charge is 2.31. The fourth-order valence-electron chi connectivity index (χ4n) is 4.20. The molecule has 9 heteroatoms. The maximum Gasteiger partial charge on any atom is 0.271 e. The Morgan fingerprint density at radius 3 is 2.79 bits per heavy atom. The van der Waals surface area contributed by atoms with Gasteiger partial charge in [0.25, 0.3) is 5.91 Å². The molecule has 0 fully saturated rings. The number of hydrogen-bond donors (Lipinski definition) is 1. The molecule has 5 rings (SSSR count). The molecule has 9 nitrogen and oxygen atoms in total. The molecule has 0 radical (unpaired) electrons. The first-order valence-electron chi connectivity index (χ1n) is 10.9. The van der Waals surface area contributed by atoms with Gasteiger partial charge in [-0.25, -0.2) is 9.97 Å². The molecule has 4 aromatic heterocycles. The van der Waals surface area contributed by atoms with E-state index in [4.69, 9.17) is 4.98 Å². The maximum atomic E-state index is 13.4. The van der Waals surface area contributed by atoms with E-state index in [0.29, 0.717) is 18.2 Å². The molecule has 168 valence electrons. The van der Waals surface area contributed by atoms with Crippen LogP contribution in [0.2, 0.25) is 0 Å². The molecule has 33 heavy (non-hydrogen) atoms. The zero-order chi connectivity index (χ0) is 23.1. The molecule has 1 atom stereocenters. The fourth-order valence-corrected chi connectivity index (χ4v) is 4.20. The summed E-state index contributed by atoms with van der Waals surface area (Å²) in [6.45, 7) is 7.22. The van der Waals surface area contributed by atoms with Crippen molar-refractivity contribution in [2.45, 2.75) is 39.9 Å². The summed E-state index contributed by atoms with van der Waals surface area (Å²) < 4.78 is 3.75. The van der Waals surface area contributed by atoms with Crippen LogP contribution in [0.25, 0.3) is 11.3 Å². The predicted octanol–water partition coefficient (Wildman–Crippen LogP) is 3.48. The number of rotatable bonds is 5. The van der Waals surface area contributed by atoms with E-state index >= 15 is 0 Å². The van der Waals surface area contributed by atoms with Crippen molar-refractivity contribution in [1.82, 2.24) is 34.2 Å². The van der Waals surface area contributed by atoms with Gasteiger partial charge in [0.1, 0.15) is 11.5 Å². The monoisotopic (exact) mass is 442 g/mol. The zero-order valence-electron chi connectivity index (χ0n) is 19.1. The van der Waals surface area contributed by atoms with E-state index in [1.807, 2.05) is 66.9 Å². The molecule has 5 heterocycles. The van der Waals surface area contributed by atoms with E-state index in [2.05, 4.69) is 27.3 Å². The highest BCUT2D eigenvalue weighted by Crippen LogP contribution is 2.29. The first kappa shape index (κ1) is 20.9. The van der Waals surface area contributed by atoms with Crippen molar-refractivity contribution < 1.29 is 4.79 Å². The van der Waals surface area contributed by atoms with E-state index in [-0.39, 0.29) is 11.9 Å². The Bertz CT molecular complexity index is 1340. The Balaban J connectivity index is 1.44. The molecule has 0 unspecified atom stereocenters. The summed E-state index contributed by atoms with van der Waals surface area (Å²) in [6.07, 6.45) is 5.51. The summed E-state index contributed by atoms with van der Waals surface area (Å²) in [5.74, 6) is 1.28. The second-order valence-corrected chi connectivity index (χ2v) is 8.51. The van der Waals surface area contributed by atoms with Gasteiger partial charge in [-0.15, -0.1) is 0 Å². The first-order valence-corrected chi connectivity index (χ1v) is 10.9. The molecule has 0 aromatic carbocycles. The molecule has 1 N–H and O–H groups in total.